The number of amides is 1. The number of carboxylic acids is 1. The molecule has 1 rings (SSSR count). The lowest BCUT2D eigenvalue weighted by Crippen LogP contribution is -2.49. The topological polar surface area (TPSA) is 57.6 Å². The molecule has 0 fully saturated rings. The first kappa shape index (κ1) is 17.6. The van der Waals surface area contributed by atoms with E-state index in [0.29, 0.717) is 18.1 Å². The smallest absolute Gasteiger partial charge is 0.394 e. The summed E-state index contributed by atoms with van der Waals surface area (Å²) >= 11 is 3.19. The van der Waals surface area contributed by atoms with Crippen molar-refractivity contribution in [1.82, 2.24) is 4.90 Å². The maximum absolute atomic E-state index is 11.7. The van der Waals surface area contributed by atoms with E-state index in [1.54, 1.807) is 23.1 Å². The molecule has 0 bridgehead atoms. The first-order chi connectivity index (χ1) is 9.82. The Morgan fingerprint density at radius 3 is 2.67 bits per heavy atom. The Bertz CT molecular complexity index is 536. The minimum Gasteiger partial charge on any atom is -0.474 e. The van der Waals surface area contributed by atoms with E-state index >= 15 is 0 Å². The molecule has 1 aromatic heterocycles. The van der Waals surface area contributed by atoms with Crippen LogP contribution in [0.3, 0.4) is 0 Å². The first-order valence-corrected chi connectivity index (χ1v) is 8.51. The van der Waals surface area contributed by atoms with Crippen LogP contribution in [0.1, 0.15) is 25.6 Å². The van der Waals surface area contributed by atoms with Gasteiger partial charge in [0.05, 0.1) is 10.6 Å². The van der Waals surface area contributed by atoms with Gasteiger partial charge >= 0.3 is 11.9 Å². The van der Waals surface area contributed by atoms with Crippen LogP contribution < -0.4 is 0 Å². The fourth-order valence-corrected chi connectivity index (χ4v) is 2.83. The number of carboxylic acid groups (broad SMARTS) is 1. The molecule has 4 nitrogen and oxygen atoms in total. The molecular formula is C15H19NO3S2. The third-order valence-electron chi connectivity index (χ3n) is 2.60. The second kappa shape index (κ2) is 8.11. The SMILES string of the molecule is CC(C)(C)N(CCSCC#Cc1cccs1)C(=O)C(=O)O. The molecular weight excluding hydrogens is 306 g/mol. The summed E-state index contributed by atoms with van der Waals surface area (Å²) in [6, 6.07) is 3.93. The standard InChI is InChI=1S/C15H19NO3S2/c1-15(2,3)16(13(17)14(18)19)8-11-20-9-4-6-12-7-5-10-21-12/h5,7,10H,8-9,11H2,1-3H3,(H,18,19). The van der Waals surface area contributed by atoms with Crippen molar-refractivity contribution in [2.45, 2.75) is 26.3 Å². The lowest BCUT2D eigenvalue weighted by atomic mass is 10.1. The van der Waals surface area contributed by atoms with Gasteiger partial charge in [-0.25, -0.2) is 4.79 Å². The Morgan fingerprint density at radius 2 is 2.14 bits per heavy atom. The van der Waals surface area contributed by atoms with Gasteiger partial charge in [0.2, 0.25) is 0 Å². The van der Waals surface area contributed by atoms with Crippen LogP contribution in [0, 0.1) is 11.8 Å². The zero-order valence-electron chi connectivity index (χ0n) is 12.4. The highest BCUT2D eigenvalue weighted by Gasteiger charge is 2.30. The molecule has 0 unspecified atom stereocenters. The van der Waals surface area contributed by atoms with Crippen LogP contribution >= 0.6 is 23.1 Å². The molecule has 1 aromatic rings. The zero-order valence-corrected chi connectivity index (χ0v) is 14.0. The molecule has 6 heteroatoms. The number of rotatable bonds is 4. The van der Waals surface area contributed by atoms with Gasteiger partial charge in [-0.2, -0.15) is 0 Å². The number of aliphatic carboxylic acids is 1. The fourth-order valence-electron chi connectivity index (χ4n) is 1.61. The van der Waals surface area contributed by atoms with Crippen molar-refractivity contribution in [1.29, 1.82) is 0 Å². The second-order valence-corrected chi connectivity index (χ2v) is 7.32. The van der Waals surface area contributed by atoms with E-state index in [2.05, 4.69) is 11.8 Å². The third-order valence-corrected chi connectivity index (χ3v) is 4.21. The van der Waals surface area contributed by atoms with E-state index in [-0.39, 0.29) is 0 Å². The predicted molar refractivity (Wildman–Crippen MR) is 87.6 cm³/mol. The number of hydrogen-bond donors (Lipinski definition) is 1. The second-order valence-electron chi connectivity index (χ2n) is 5.26. The van der Waals surface area contributed by atoms with Gasteiger partial charge in [0, 0.05) is 17.8 Å². The number of nitrogens with zero attached hydrogens (tertiary/aromatic N) is 1. The van der Waals surface area contributed by atoms with Crippen molar-refractivity contribution >= 4 is 35.0 Å². The normalized spacial score (nSPS) is 10.6. The summed E-state index contributed by atoms with van der Waals surface area (Å²) in [4.78, 5) is 24.9. The third kappa shape index (κ3) is 6.23. The lowest BCUT2D eigenvalue weighted by Gasteiger charge is -2.34. The molecule has 114 valence electrons. The number of carbonyl (C=O) groups is 2. The van der Waals surface area contributed by atoms with E-state index in [9.17, 15) is 9.59 Å². The van der Waals surface area contributed by atoms with Gasteiger partial charge in [0.1, 0.15) is 0 Å². The summed E-state index contributed by atoms with van der Waals surface area (Å²) in [6.07, 6.45) is 0. The zero-order chi connectivity index (χ0) is 15.9. The van der Waals surface area contributed by atoms with Crippen LogP contribution in [0.25, 0.3) is 0 Å². The van der Waals surface area contributed by atoms with E-state index in [0.717, 1.165) is 4.88 Å². The molecule has 0 aliphatic rings. The van der Waals surface area contributed by atoms with Crippen molar-refractivity contribution in [2.75, 3.05) is 18.1 Å². The van der Waals surface area contributed by atoms with Crippen LogP contribution in [0.5, 0.6) is 0 Å². The van der Waals surface area contributed by atoms with Crippen molar-refractivity contribution in [3.8, 4) is 11.8 Å². The highest BCUT2D eigenvalue weighted by molar-refractivity contribution is 7.99. The Hall–Kier alpha value is -1.45. The minimum absolute atomic E-state index is 0.403. The first-order valence-electron chi connectivity index (χ1n) is 6.47. The maximum atomic E-state index is 11.7. The van der Waals surface area contributed by atoms with E-state index in [1.165, 1.54) is 4.90 Å². The highest BCUT2D eigenvalue weighted by atomic mass is 32.2. The van der Waals surface area contributed by atoms with Crippen LogP contribution in [0.2, 0.25) is 0 Å². The van der Waals surface area contributed by atoms with Crippen molar-refractivity contribution in [2.24, 2.45) is 0 Å². The number of thiophene rings is 1. The summed E-state index contributed by atoms with van der Waals surface area (Å²) in [5.74, 6) is 5.18. The molecule has 0 aliphatic heterocycles. The summed E-state index contributed by atoms with van der Waals surface area (Å²) in [7, 11) is 0. The van der Waals surface area contributed by atoms with Crippen LogP contribution in [-0.2, 0) is 9.59 Å². The Labute approximate surface area is 133 Å². The van der Waals surface area contributed by atoms with Gasteiger partial charge < -0.3 is 10.0 Å². The fraction of sp³-hybridized carbons (Fsp3) is 0.467. The quantitative estimate of drug-likeness (QED) is 0.525. The molecule has 1 heterocycles. The van der Waals surface area contributed by atoms with Gasteiger partial charge in [-0.05, 0) is 32.2 Å². The molecule has 0 saturated heterocycles. The van der Waals surface area contributed by atoms with E-state index in [4.69, 9.17) is 5.11 Å². The average molecular weight is 325 g/mol. The highest BCUT2D eigenvalue weighted by Crippen LogP contribution is 2.15. The monoisotopic (exact) mass is 325 g/mol. The summed E-state index contributed by atoms with van der Waals surface area (Å²) < 4.78 is 0. The van der Waals surface area contributed by atoms with E-state index < -0.39 is 17.4 Å². The summed E-state index contributed by atoms with van der Waals surface area (Å²) in [6.45, 7) is 5.89. The molecule has 1 amide bonds. The molecule has 0 aliphatic carbocycles. The van der Waals surface area contributed by atoms with Crippen molar-refractivity contribution in [3.05, 3.63) is 22.4 Å². The molecule has 0 aromatic carbocycles. The number of thioether (sulfide) groups is 1. The van der Waals surface area contributed by atoms with Gasteiger partial charge in [0.25, 0.3) is 0 Å². The summed E-state index contributed by atoms with van der Waals surface area (Å²) in [5.41, 5.74) is -0.501. The van der Waals surface area contributed by atoms with Gasteiger partial charge in [-0.1, -0.05) is 17.9 Å². The van der Waals surface area contributed by atoms with E-state index in [1.807, 2.05) is 38.3 Å². The molecule has 21 heavy (non-hydrogen) atoms. The Kier molecular flexibility index (Phi) is 6.79. The number of hydrogen-bond acceptors (Lipinski definition) is 4. The van der Waals surface area contributed by atoms with Crippen LogP contribution in [0.4, 0.5) is 0 Å². The van der Waals surface area contributed by atoms with Gasteiger partial charge in [-0.15, -0.1) is 23.1 Å². The minimum atomic E-state index is -1.41. The summed E-state index contributed by atoms with van der Waals surface area (Å²) in [5, 5.41) is 10.8. The predicted octanol–water partition coefficient (Wildman–Crippen LogP) is 2.54. The van der Waals surface area contributed by atoms with Crippen LogP contribution in [0.15, 0.2) is 17.5 Å². The van der Waals surface area contributed by atoms with Crippen LogP contribution in [-0.4, -0.2) is 45.5 Å². The molecule has 0 saturated carbocycles. The molecule has 1 N–H and O–H groups in total. The van der Waals surface area contributed by atoms with Crippen molar-refractivity contribution < 1.29 is 14.7 Å². The van der Waals surface area contributed by atoms with Gasteiger partial charge in [-0.3, -0.25) is 4.79 Å². The molecule has 0 atom stereocenters. The largest absolute Gasteiger partial charge is 0.474 e. The Morgan fingerprint density at radius 1 is 1.43 bits per heavy atom. The van der Waals surface area contributed by atoms with Crippen molar-refractivity contribution in [3.63, 3.8) is 0 Å². The number of carbonyl (C=O) groups excluding carboxylic acids is 1. The lowest BCUT2D eigenvalue weighted by molar-refractivity contribution is -0.158. The Balaban J connectivity index is 2.40. The molecule has 0 radical (unpaired) electrons. The average Bonchev–Trinajstić information content (AvgIpc) is 2.88. The van der Waals surface area contributed by atoms with Gasteiger partial charge in [0.15, 0.2) is 0 Å². The maximum Gasteiger partial charge on any atom is 0.394 e. The molecule has 0 spiro atoms.